The molecule has 0 unspecified atom stereocenters. The maximum absolute atomic E-state index is 12.7. The van der Waals surface area contributed by atoms with Gasteiger partial charge in [0, 0.05) is 17.7 Å². The van der Waals surface area contributed by atoms with Crippen LogP contribution in [-0.4, -0.2) is 10.7 Å². The summed E-state index contributed by atoms with van der Waals surface area (Å²) in [4.78, 5) is 23.2. The number of nitrogens with zero attached hydrogens (tertiary/aromatic N) is 1. The van der Waals surface area contributed by atoms with Crippen molar-refractivity contribution in [3.05, 3.63) is 100 Å². The van der Waals surface area contributed by atoms with Crippen molar-refractivity contribution in [1.82, 2.24) is 0 Å². The molecule has 0 saturated carbocycles. The summed E-state index contributed by atoms with van der Waals surface area (Å²) in [5.74, 6) is 0.499. The topological polar surface area (TPSA) is 69.4 Å². The monoisotopic (exact) mass is 331 g/mol. The van der Waals surface area contributed by atoms with Gasteiger partial charge in [0.25, 0.3) is 5.69 Å². The highest BCUT2D eigenvalue weighted by atomic mass is 16.7. The lowest BCUT2D eigenvalue weighted by molar-refractivity contribution is -0.384. The Morgan fingerprint density at radius 3 is 2.42 bits per heavy atom. The molecule has 3 aromatic carbocycles. The number of non-ortho nitro benzene ring substituents is 1. The lowest BCUT2D eigenvalue weighted by atomic mass is 10.0. The first kappa shape index (κ1) is 15.4. The van der Waals surface area contributed by atoms with E-state index >= 15 is 0 Å². The largest absolute Gasteiger partial charge is 0.457 e. The lowest BCUT2D eigenvalue weighted by Crippen LogP contribution is -2.04. The first-order valence-corrected chi connectivity index (χ1v) is 7.26. The van der Waals surface area contributed by atoms with Gasteiger partial charge in [-0.1, -0.05) is 48.5 Å². The molecule has 0 radical (unpaired) electrons. The Bertz CT molecular complexity index is 876. The molecule has 0 bridgehead atoms. The summed E-state index contributed by atoms with van der Waals surface area (Å²) in [6, 6.07) is 21.6. The number of rotatable bonds is 5. The molecule has 0 saturated heterocycles. The highest BCUT2D eigenvalue weighted by Gasteiger charge is 2.19. The molecule has 0 spiro atoms. The molecule has 0 aliphatic heterocycles. The van der Waals surface area contributed by atoms with E-state index in [9.17, 15) is 14.9 Å². The summed E-state index contributed by atoms with van der Waals surface area (Å²) < 4.78 is 5.74. The Balaban J connectivity index is 2.05. The van der Waals surface area contributed by atoms with Gasteiger partial charge >= 0.3 is 0 Å². The quantitative estimate of drug-likeness (QED) is 0.389. The van der Waals surface area contributed by atoms with Crippen LogP contribution in [0.2, 0.25) is 0 Å². The predicted molar refractivity (Wildman–Crippen MR) is 89.5 cm³/mol. The fraction of sp³-hybridized carbons (Fsp3) is 0. The number of ketones is 1. The minimum Gasteiger partial charge on any atom is -0.457 e. The number of nitro benzene ring substituents is 1. The first-order valence-electron chi connectivity index (χ1n) is 7.26. The van der Waals surface area contributed by atoms with E-state index in [1.54, 1.807) is 54.6 Å². The molecule has 0 fully saturated rings. The molecule has 0 atom stereocenters. The second kappa shape index (κ2) is 6.75. The van der Waals surface area contributed by atoms with Crippen molar-refractivity contribution in [2.24, 2.45) is 0 Å². The number of nitro groups is 1. The van der Waals surface area contributed by atoms with Crippen LogP contribution in [0.4, 0.5) is 5.69 Å². The van der Waals surface area contributed by atoms with Crippen molar-refractivity contribution < 1.29 is 14.5 Å². The Labute approximate surface area is 138 Å². The highest BCUT2D eigenvalue weighted by Crippen LogP contribution is 2.30. The fourth-order valence-electron chi connectivity index (χ4n) is 2.26. The SMILES string of the molecule is O=C(c1ccccc1)c1cc([N+](=O)[O-])ccc1O[14c]1[14cH][14cH][14cH][14cH][14cH]1. The molecule has 0 aromatic heterocycles. The molecule has 0 N–H and O–H groups in total. The van der Waals surface area contributed by atoms with Gasteiger partial charge in [-0.25, -0.2) is 0 Å². The van der Waals surface area contributed by atoms with Gasteiger partial charge < -0.3 is 4.74 Å². The van der Waals surface area contributed by atoms with E-state index in [2.05, 4.69) is 0 Å². The molecule has 0 aliphatic carbocycles. The van der Waals surface area contributed by atoms with Crippen LogP contribution >= 0.6 is 0 Å². The first-order chi connectivity index (χ1) is 11.6. The van der Waals surface area contributed by atoms with Gasteiger partial charge in [0.1, 0.15) is 11.5 Å². The van der Waals surface area contributed by atoms with Gasteiger partial charge in [-0.05, 0) is 18.2 Å². The van der Waals surface area contributed by atoms with Gasteiger partial charge in [0.15, 0.2) is 5.78 Å². The molecular formula is C19H13NO4. The van der Waals surface area contributed by atoms with Crippen LogP contribution in [-0.2, 0) is 0 Å². The van der Waals surface area contributed by atoms with Gasteiger partial charge in [-0.15, -0.1) is 0 Å². The van der Waals surface area contributed by atoms with Gasteiger partial charge in [0.05, 0.1) is 10.5 Å². The molecule has 3 aromatic rings. The normalized spacial score (nSPS) is 10.2. The van der Waals surface area contributed by atoms with E-state index in [-0.39, 0.29) is 22.8 Å². The van der Waals surface area contributed by atoms with Crippen LogP contribution < -0.4 is 4.74 Å². The van der Waals surface area contributed by atoms with Crippen LogP contribution in [0.25, 0.3) is 0 Å². The van der Waals surface area contributed by atoms with E-state index in [1.807, 2.05) is 6.07 Å². The maximum Gasteiger partial charge on any atom is 0.270 e. The van der Waals surface area contributed by atoms with Crippen molar-refractivity contribution in [1.29, 1.82) is 0 Å². The van der Waals surface area contributed by atoms with Crippen LogP contribution in [0, 0.1) is 10.1 Å². The number of carbonyl (C=O) groups excluding carboxylic acids is 1. The summed E-state index contributed by atoms with van der Waals surface area (Å²) in [5.41, 5.74) is 0.435. The van der Waals surface area contributed by atoms with Gasteiger partial charge in [-0.2, -0.15) is 0 Å². The summed E-state index contributed by atoms with van der Waals surface area (Å²) in [7, 11) is 0. The second-order valence-electron chi connectivity index (χ2n) is 5.05. The van der Waals surface area contributed by atoms with E-state index in [0.717, 1.165) is 0 Å². The van der Waals surface area contributed by atoms with Crippen LogP contribution in [0.3, 0.4) is 0 Å². The number of hydrogen-bond donors (Lipinski definition) is 0. The van der Waals surface area contributed by atoms with Crippen LogP contribution in [0.15, 0.2) is 78.9 Å². The number of benzene rings is 3. The standard InChI is InChI=1S/C19H13NO4/c21-19(14-7-3-1-4-8-14)17-13-15(20(22)23)11-12-18(17)24-16-9-5-2-6-10-16/h1-13H/i2+2,5+2,6+2,9+2,10+2,16+2. The summed E-state index contributed by atoms with van der Waals surface area (Å²) >= 11 is 0. The Hall–Kier alpha value is -3.47. The summed E-state index contributed by atoms with van der Waals surface area (Å²) in [5, 5.41) is 11.0. The van der Waals surface area contributed by atoms with Crippen molar-refractivity contribution in [3.63, 3.8) is 0 Å². The minimum atomic E-state index is -0.534. The van der Waals surface area contributed by atoms with Crippen molar-refractivity contribution >= 4 is 11.5 Å². The summed E-state index contributed by atoms with van der Waals surface area (Å²) in [6.07, 6.45) is 0. The predicted octanol–water partition coefficient (Wildman–Crippen LogP) is 4.62. The Kier molecular flexibility index (Phi) is 4.34. The zero-order valence-corrected chi connectivity index (χ0v) is 12.6. The van der Waals surface area contributed by atoms with Crippen LogP contribution in [0.1, 0.15) is 15.9 Å². The van der Waals surface area contributed by atoms with Crippen molar-refractivity contribution in [2.75, 3.05) is 0 Å². The molecule has 5 heteroatoms. The zero-order valence-electron chi connectivity index (χ0n) is 12.6. The molecule has 3 rings (SSSR count). The van der Waals surface area contributed by atoms with E-state index in [1.165, 1.54) is 18.2 Å². The molecule has 0 amide bonds. The van der Waals surface area contributed by atoms with Gasteiger partial charge in [-0.3, -0.25) is 14.9 Å². The average Bonchev–Trinajstić information content (AvgIpc) is 2.63. The molecule has 118 valence electrons. The summed E-state index contributed by atoms with van der Waals surface area (Å²) in [6.45, 7) is 0. The van der Waals surface area contributed by atoms with Crippen molar-refractivity contribution in [2.45, 2.75) is 0 Å². The number of ether oxygens (including phenoxy) is 1. The number of carbonyl (C=O) groups is 1. The minimum absolute atomic E-state index is 0.152. The number of para-hydroxylation sites is 1. The van der Waals surface area contributed by atoms with E-state index in [0.29, 0.717) is 11.3 Å². The number of hydrogen-bond acceptors (Lipinski definition) is 4. The van der Waals surface area contributed by atoms with Gasteiger partial charge in [0.2, 0.25) is 0 Å². The smallest absolute Gasteiger partial charge is 0.270 e. The maximum atomic E-state index is 12.7. The third kappa shape index (κ3) is 3.30. The lowest BCUT2D eigenvalue weighted by Gasteiger charge is -2.10. The third-order valence-electron chi connectivity index (χ3n) is 3.43. The van der Waals surface area contributed by atoms with Crippen molar-refractivity contribution in [3.8, 4) is 11.5 Å². The molecule has 5 nitrogen and oxygen atoms in total. The zero-order chi connectivity index (χ0) is 16.9. The Morgan fingerprint density at radius 1 is 1.04 bits per heavy atom. The Morgan fingerprint density at radius 2 is 1.75 bits per heavy atom. The molecule has 24 heavy (non-hydrogen) atoms. The second-order valence-corrected chi connectivity index (χ2v) is 5.05. The highest BCUT2D eigenvalue weighted by molar-refractivity contribution is 6.11. The van der Waals surface area contributed by atoms with E-state index < -0.39 is 4.92 Å². The molecule has 0 heterocycles. The average molecular weight is 331 g/mol. The van der Waals surface area contributed by atoms with E-state index in [4.69, 9.17) is 4.74 Å². The molecule has 0 aliphatic rings. The third-order valence-corrected chi connectivity index (χ3v) is 3.43. The fourth-order valence-corrected chi connectivity index (χ4v) is 2.26. The molecular weight excluding hydrogens is 318 g/mol. The van der Waals surface area contributed by atoms with Crippen LogP contribution in [0.5, 0.6) is 11.5 Å².